The average molecular weight is 271 g/mol. The maximum atomic E-state index is 6.08. The highest BCUT2D eigenvalue weighted by Crippen LogP contribution is 2.60. The van der Waals surface area contributed by atoms with Crippen molar-refractivity contribution in [3.8, 4) is 0 Å². The zero-order valence-electron chi connectivity index (χ0n) is 12.6. The third-order valence-corrected chi connectivity index (χ3v) is 6.09. The molecular formula is C17H25N3. The molecule has 20 heavy (non-hydrogen) atoms. The summed E-state index contributed by atoms with van der Waals surface area (Å²) in [6.07, 6.45) is 10.2. The van der Waals surface area contributed by atoms with Crippen molar-refractivity contribution < 1.29 is 0 Å². The van der Waals surface area contributed by atoms with Crippen molar-refractivity contribution in [2.45, 2.75) is 63.8 Å². The van der Waals surface area contributed by atoms with Gasteiger partial charge in [0.2, 0.25) is 0 Å². The second kappa shape index (κ2) is 4.27. The highest BCUT2D eigenvalue weighted by Gasteiger charge is 2.52. The van der Waals surface area contributed by atoms with Crippen LogP contribution in [-0.2, 0) is 5.41 Å². The molecule has 0 spiro atoms. The number of rotatable bonds is 2. The predicted molar refractivity (Wildman–Crippen MR) is 79.2 cm³/mol. The molecule has 4 fully saturated rings. The molecule has 0 radical (unpaired) electrons. The lowest BCUT2D eigenvalue weighted by atomic mass is 9.48. The maximum absolute atomic E-state index is 6.08. The van der Waals surface area contributed by atoms with E-state index in [1.54, 1.807) is 6.33 Å². The summed E-state index contributed by atoms with van der Waals surface area (Å²) in [7, 11) is 0. The third kappa shape index (κ3) is 1.75. The Kier molecular flexibility index (Phi) is 2.72. The van der Waals surface area contributed by atoms with Crippen molar-refractivity contribution >= 4 is 0 Å². The molecule has 4 aliphatic rings. The van der Waals surface area contributed by atoms with Gasteiger partial charge in [0.05, 0.1) is 11.4 Å². The molecule has 2 N–H and O–H groups in total. The first-order valence-corrected chi connectivity index (χ1v) is 8.15. The number of hydrogen-bond donors (Lipinski definition) is 1. The SMILES string of the molecule is Cc1c(C(C)N)ncnc1C12CC3CC(CC(C3)C1)C2. The molecule has 3 heteroatoms. The minimum atomic E-state index is 0.00524. The summed E-state index contributed by atoms with van der Waals surface area (Å²) >= 11 is 0. The van der Waals surface area contributed by atoms with Gasteiger partial charge < -0.3 is 5.73 Å². The van der Waals surface area contributed by atoms with Gasteiger partial charge in [-0.2, -0.15) is 0 Å². The van der Waals surface area contributed by atoms with Gasteiger partial charge >= 0.3 is 0 Å². The van der Waals surface area contributed by atoms with Crippen LogP contribution in [0.2, 0.25) is 0 Å². The van der Waals surface area contributed by atoms with E-state index in [2.05, 4.69) is 11.9 Å². The van der Waals surface area contributed by atoms with Gasteiger partial charge in [-0.05, 0) is 75.7 Å². The zero-order chi connectivity index (χ0) is 13.9. The summed E-state index contributed by atoms with van der Waals surface area (Å²) in [6.45, 7) is 4.21. The summed E-state index contributed by atoms with van der Waals surface area (Å²) in [6, 6.07) is 0.00524. The summed E-state index contributed by atoms with van der Waals surface area (Å²) in [4.78, 5) is 9.17. The van der Waals surface area contributed by atoms with Gasteiger partial charge in [-0.1, -0.05) is 0 Å². The zero-order valence-corrected chi connectivity index (χ0v) is 12.6. The molecule has 4 saturated carbocycles. The van der Waals surface area contributed by atoms with E-state index < -0.39 is 0 Å². The number of nitrogens with zero attached hydrogens (tertiary/aromatic N) is 2. The Bertz CT molecular complexity index is 500. The van der Waals surface area contributed by atoms with E-state index in [-0.39, 0.29) is 6.04 Å². The van der Waals surface area contributed by atoms with Gasteiger partial charge in [0.25, 0.3) is 0 Å². The first-order valence-electron chi connectivity index (χ1n) is 8.15. The van der Waals surface area contributed by atoms with E-state index in [4.69, 9.17) is 10.7 Å². The van der Waals surface area contributed by atoms with Crippen molar-refractivity contribution in [3.05, 3.63) is 23.3 Å². The van der Waals surface area contributed by atoms with Gasteiger partial charge in [0.1, 0.15) is 6.33 Å². The fourth-order valence-electron chi connectivity index (χ4n) is 5.86. The Morgan fingerprint density at radius 2 is 1.65 bits per heavy atom. The number of nitrogens with two attached hydrogens (primary N) is 1. The molecule has 4 bridgehead atoms. The molecule has 1 atom stereocenters. The first-order chi connectivity index (χ1) is 9.57. The normalized spacial score (nSPS) is 40.0. The highest BCUT2D eigenvalue weighted by molar-refractivity contribution is 5.33. The molecule has 1 aromatic rings. The van der Waals surface area contributed by atoms with Crippen LogP contribution in [-0.4, -0.2) is 9.97 Å². The summed E-state index contributed by atoms with van der Waals surface area (Å²) < 4.78 is 0. The van der Waals surface area contributed by atoms with E-state index in [1.807, 2.05) is 6.92 Å². The van der Waals surface area contributed by atoms with Crippen LogP contribution in [0.5, 0.6) is 0 Å². The van der Waals surface area contributed by atoms with Gasteiger partial charge in [-0.15, -0.1) is 0 Å². The smallest absolute Gasteiger partial charge is 0.116 e. The molecular weight excluding hydrogens is 246 g/mol. The monoisotopic (exact) mass is 271 g/mol. The van der Waals surface area contributed by atoms with Crippen LogP contribution in [0.4, 0.5) is 0 Å². The molecule has 3 nitrogen and oxygen atoms in total. The Balaban J connectivity index is 1.79. The minimum Gasteiger partial charge on any atom is -0.323 e. The summed E-state index contributed by atoms with van der Waals surface area (Å²) in [5.74, 6) is 2.86. The average Bonchev–Trinajstić information content (AvgIpc) is 2.36. The fraction of sp³-hybridized carbons (Fsp3) is 0.765. The van der Waals surface area contributed by atoms with Crippen molar-refractivity contribution in [1.29, 1.82) is 0 Å². The van der Waals surface area contributed by atoms with Gasteiger partial charge in [0, 0.05) is 11.5 Å². The molecule has 0 aromatic carbocycles. The topological polar surface area (TPSA) is 51.8 Å². The molecule has 0 aliphatic heterocycles. The molecule has 1 heterocycles. The Labute approximate surface area is 121 Å². The third-order valence-electron chi connectivity index (χ3n) is 6.09. The van der Waals surface area contributed by atoms with Crippen LogP contribution in [0, 0.1) is 24.7 Å². The molecule has 4 aliphatic carbocycles. The number of hydrogen-bond acceptors (Lipinski definition) is 3. The van der Waals surface area contributed by atoms with Gasteiger partial charge in [0.15, 0.2) is 0 Å². The van der Waals surface area contributed by atoms with Crippen molar-refractivity contribution in [3.63, 3.8) is 0 Å². The summed E-state index contributed by atoms with van der Waals surface area (Å²) in [5, 5.41) is 0. The molecule has 5 rings (SSSR count). The summed E-state index contributed by atoms with van der Waals surface area (Å²) in [5.41, 5.74) is 10.1. The highest BCUT2D eigenvalue weighted by atomic mass is 14.9. The van der Waals surface area contributed by atoms with E-state index in [1.165, 1.54) is 49.8 Å². The Hall–Kier alpha value is -0.960. The van der Waals surface area contributed by atoms with E-state index in [0.29, 0.717) is 5.41 Å². The lowest BCUT2D eigenvalue weighted by molar-refractivity contribution is -0.00763. The maximum Gasteiger partial charge on any atom is 0.116 e. The van der Waals surface area contributed by atoms with Crippen LogP contribution in [0.1, 0.15) is 68.4 Å². The molecule has 1 aromatic heterocycles. The van der Waals surface area contributed by atoms with E-state index in [0.717, 1.165) is 23.4 Å². The van der Waals surface area contributed by atoms with E-state index >= 15 is 0 Å². The molecule has 0 saturated heterocycles. The quantitative estimate of drug-likeness (QED) is 0.898. The second-order valence-electron chi connectivity index (χ2n) is 7.72. The van der Waals surface area contributed by atoms with Gasteiger partial charge in [-0.3, -0.25) is 0 Å². The predicted octanol–water partition coefficient (Wildman–Crippen LogP) is 3.27. The van der Waals surface area contributed by atoms with Crippen LogP contribution in [0.3, 0.4) is 0 Å². The minimum absolute atomic E-state index is 0.00524. The molecule has 1 unspecified atom stereocenters. The molecule has 108 valence electrons. The first kappa shape index (κ1) is 12.8. The van der Waals surface area contributed by atoms with Crippen LogP contribution < -0.4 is 5.73 Å². The van der Waals surface area contributed by atoms with Crippen LogP contribution >= 0.6 is 0 Å². The van der Waals surface area contributed by atoms with E-state index in [9.17, 15) is 0 Å². The largest absolute Gasteiger partial charge is 0.323 e. The molecule has 0 amide bonds. The van der Waals surface area contributed by atoms with Crippen molar-refractivity contribution in [1.82, 2.24) is 9.97 Å². The number of aromatic nitrogens is 2. The van der Waals surface area contributed by atoms with Crippen LogP contribution in [0.15, 0.2) is 6.33 Å². The lowest BCUT2D eigenvalue weighted by Gasteiger charge is -2.56. The standard InChI is InChI=1S/C17H25N3/c1-10-15(11(2)18)19-9-20-16(10)17-6-12-3-13(7-17)5-14(4-12)8-17/h9,11-14H,3-8,18H2,1-2H3. The van der Waals surface area contributed by atoms with Crippen LogP contribution in [0.25, 0.3) is 0 Å². The fourth-order valence-corrected chi connectivity index (χ4v) is 5.86. The lowest BCUT2D eigenvalue weighted by Crippen LogP contribution is -2.49. The van der Waals surface area contributed by atoms with Crippen molar-refractivity contribution in [2.75, 3.05) is 0 Å². The Morgan fingerprint density at radius 1 is 1.10 bits per heavy atom. The van der Waals surface area contributed by atoms with Crippen molar-refractivity contribution in [2.24, 2.45) is 23.5 Å². The van der Waals surface area contributed by atoms with Gasteiger partial charge in [-0.25, -0.2) is 9.97 Å². The second-order valence-corrected chi connectivity index (χ2v) is 7.72. The Morgan fingerprint density at radius 3 is 2.15 bits per heavy atom.